The molecule has 0 aliphatic carbocycles. The highest BCUT2D eigenvalue weighted by Crippen LogP contribution is 2.30. The van der Waals surface area contributed by atoms with Gasteiger partial charge in [-0.2, -0.15) is 0 Å². The third-order valence-electron chi connectivity index (χ3n) is 3.72. The van der Waals surface area contributed by atoms with E-state index in [1.807, 2.05) is 31.2 Å². The Morgan fingerprint density at radius 1 is 1.08 bits per heavy atom. The number of carbonyl (C=O) groups excluding carboxylic acids is 1. The first-order valence-corrected chi connectivity index (χ1v) is 8.24. The minimum atomic E-state index is -0.317. The normalized spacial score (nSPS) is 10.3. The summed E-state index contributed by atoms with van der Waals surface area (Å²) in [5.41, 5.74) is 2.59. The Morgan fingerprint density at radius 2 is 1.88 bits per heavy atom. The maximum absolute atomic E-state index is 12.5. The van der Waals surface area contributed by atoms with Crippen LogP contribution in [0, 0.1) is 6.92 Å². The Morgan fingerprint density at radius 3 is 2.65 bits per heavy atom. The van der Waals surface area contributed by atoms with Gasteiger partial charge in [0.15, 0.2) is 0 Å². The summed E-state index contributed by atoms with van der Waals surface area (Å²) in [5, 5.41) is 6.50. The Labute approximate surface area is 156 Å². The van der Waals surface area contributed by atoms with Crippen molar-refractivity contribution >= 4 is 34.7 Å². The van der Waals surface area contributed by atoms with E-state index in [-0.39, 0.29) is 11.6 Å². The van der Waals surface area contributed by atoms with Crippen LogP contribution in [0.15, 0.2) is 54.9 Å². The molecule has 6 nitrogen and oxygen atoms in total. The molecular weight excluding hydrogens is 352 g/mol. The van der Waals surface area contributed by atoms with Crippen molar-refractivity contribution in [3.8, 4) is 5.75 Å². The van der Waals surface area contributed by atoms with Gasteiger partial charge in [-0.3, -0.25) is 4.79 Å². The van der Waals surface area contributed by atoms with Crippen LogP contribution in [0.5, 0.6) is 5.75 Å². The number of methoxy groups -OCH3 is 1. The van der Waals surface area contributed by atoms with E-state index in [1.165, 1.54) is 6.33 Å². The first-order chi connectivity index (χ1) is 12.6. The van der Waals surface area contributed by atoms with Crippen molar-refractivity contribution in [3.63, 3.8) is 0 Å². The lowest BCUT2D eigenvalue weighted by Crippen LogP contribution is -2.15. The second-order valence-corrected chi connectivity index (χ2v) is 5.96. The number of rotatable bonds is 5. The zero-order chi connectivity index (χ0) is 18.5. The number of hydrogen-bond donors (Lipinski definition) is 2. The van der Waals surface area contributed by atoms with Gasteiger partial charge in [-0.25, -0.2) is 9.97 Å². The van der Waals surface area contributed by atoms with Crippen LogP contribution in [0.2, 0.25) is 5.02 Å². The third kappa shape index (κ3) is 4.10. The molecule has 26 heavy (non-hydrogen) atoms. The Hall–Kier alpha value is -3.12. The summed E-state index contributed by atoms with van der Waals surface area (Å²) in [6.07, 6.45) is 1.33. The molecule has 0 saturated carbocycles. The fourth-order valence-electron chi connectivity index (χ4n) is 2.37. The molecule has 2 aromatic carbocycles. The maximum Gasteiger partial charge on any atom is 0.274 e. The molecule has 3 aromatic rings. The Kier molecular flexibility index (Phi) is 5.34. The molecule has 3 rings (SSSR count). The number of para-hydroxylation sites is 1. The quantitative estimate of drug-likeness (QED) is 0.696. The second kappa shape index (κ2) is 7.84. The molecular formula is C19H17ClN4O2. The largest absolute Gasteiger partial charge is 0.495 e. The fourth-order valence-corrected chi connectivity index (χ4v) is 2.54. The molecule has 1 amide bonds. The van der Waals surface area contributed by atoms with Crippen molar-refractivity contribution in [1.82, 2.24) is 9.97 Å². The average molecular weight is 369 g/mol. The van der Waals surface area contributed by atoms with Crippen LogP contribution in [0.1, 0.15) is 16.1 Å². The first kappa shape index (κ1) is 17.7. The number of aryl methyl sites for hydroxylation is 1. The average Bonchev–Trinajstić information content (AvgIpc) is 2.64. The van der Waals surface area contributed by atoms with Crippen LogP contribution in [0.4, 0.5) is 17.2 Å². The van der Waals surface area contributed by atoms with Crippen molar-refractivity contribution < 1.29 is 9.53 Å². The van der Waals surface area contributed by atoms with Gasteiger partial charge in [0.05, 0.1) is 12.8 Å². The van der Waals surface area contributed by atoms with Gasteiger partial charge in [0.1, 0.15) is 23.6 Å². The molecule has 0 unspecified atom stereocenters. The number of anilines is 3. The van der Waals surface area contributed by atoms with E-state index in [2.05, 4.69) is 20.6 Å². The van der Waals surface area contributed by atoms with Crippen molar-refractivity contribution in [2.45, 2.75) is 6.92 Å². The van der Waals surface area contributed by atoms with E-state index < -0.39 is 0 Å². The molecule has 0 fully saturated rings. The summed E-state index contributed by atoms with van der Waals surface area (Å²) < 4.78 is 5.30. The number of amides is 1. The molecule has 0 atom stereocenters. The van der Waals surface area contributed by atoms with Crippen LogP contribution in [-0.4, -0.2) is 23.0 Å². The number of nitrogens with zero attached hydrogens (tertiary/aromatic N) is 2. The summed E-state index contributed by atoms with van der Waals surface area (Å²) >= 11 is 6.03. The lowest BCUT2D eigenvalue weighted by atomic mass is 10.2. The molecule has 1 heterocycles. The smallest absolute Gasteiger partial charge is 0.274 e. The van der Waals surface area contributed by atoms with E-state index in [4.69, 9.17) is 16.3 Å². The van der Waals surface area contributed by atoms with E-state index in [0.29, 0.717) is 22.3 Å². The topological polar surface area (TPSA) is 76.1 Å². The summed E-state index contributed by atoms with van der Waals surface area (Å²) in [4.78, 5) is 20.7. The lowest BCUT2D eigenvalue weighted by Gasteiger charge is -2.12. The molecule has 132 valence electrons. The second-order valence-electron chi connectivity index (χ2n) is 5.53. The predicted octanol–water partition coefficient (Wildman–Crippen LogP) is 4.44. The number of carbonyl (C=O) groups is 1. The summed E-state index contributed by atoms with van der Waals surface area (Å²) in [7, 11) is 1.56. The van der Waals surface area contributed by atoms with E-state index >= 15 is 0 Å². The van der Waals surface area contributed by atoms with Gasteiger partial charge in [0.2, 0.25) is 0 Å². The highest BCUT2D eigenvalue weighted by Gasteiger charge is 2.12. The monoisotopic (exact) mass is 368 g/mol. The molecule has 0 aliphatic rings. The number of benzene rings is 2. The van der Waals surface area contributed by atoms with Gasteiger partial charge in [-0.05, 0) is 36.8 Å². The van der Waals surface area contributed by atoms with Gasteiger partial charge in [-0.15, -0.1) is 0 Å². The molecule has 0 bridgehead atoms. The number of halogens is 1. The fraction of sp³-hybridized carbons (Fsp3) is 0.105. The van der Waals surface area contributed by atoms with Gasteiger partial charge in [0.25, 0.3) is 5.91 Å². The van der Waals surface area contributed by atoms with E-state index in [1.54, 1.807) is 31.4 Å². The van der Waals surface area contributed by atoms with Crippen molar-refractivity contribution in [3.05, 3.63) is 71.1 Å². The highest BCUT2D eigenvalue weighted by molar-refractivity contribution is 6.31. The molecule has 0 spiro atoms. The molecule has 2 N–H and O–H groups in total. The third-order valence-corrected chi connectivity index (χ3v) is 3.95. The SMILES string of the molecule is COc1ccc(Cl)cc1Nc1cc(C(=O)Nc2ccccc2C)ncn1. The van der Waals surface area contributed by atoms with Crippen LogP contribution < -0.4 is 15.4 Å². The van der Waals surface area contributed by atoms with E-state index in [0.717, 1.165) is 11.3 Å². The number of aromatic nitrogens is 2. The number of ether oxygens (including phenoxy) is 1. The summed E-state index contributed by atoms with van der Waals surface area (Å²) in [6, 6.07) is 14.3. The maximum atomic E-state index is 12.5. The Balaban J connectivity index is 1.81. The van der Waals surface area contributed by atoms with Gasteiger partial charge < -0.3 is 15.4 Å². The molecule has 7 heteroatoms. The number of nitrogens with one attached hydrogen (secondary N) is 2. The van der Waals surface area contributed by atoms with Gasteiger partial charge in [-0.1, -0.05) is 29.8 Å². The van der Waals surface area contributed by atoms with Crippen molar-refractivity contribution in [2.24, 2.45) is 0 Å². The number of hydrogen-bond acceptors (Lipinski definition) is 5. The summed E-state index contributed by atoms with van der Waals surface area (Å²) in [5.74, 6) is 0.747. The lowest BCUT2D eigenvalue weighted by molar-refractivity contribution is 0.102. The Bertz CT molecular complexity index is 946. The highest BCUT2D eigenvalue weighted by atomic mass is 35.5. The van der Waals surface area contributed by atoms with Crippen molar-refractivity contribution in [1.29, 1.82) is 0 Å². The predicted molar refractivity (Wildman–Crippen MR) is 102 cm³/mol. The molecule has 0 radical (unpaired) electrons. The van der Waals surface area contributed by atoms with Crippen LogP contribution in [0.3, 0.4) is 0 Å². The van der Waals surface area contributed by atoms with Gasteiger partial charge >= 0.3 is 0 Å². The first-order valence-electron chi connectivity index (χ1n) is 7.86. The van der Waals surface area contributed by atoms with Crippen LogP contribution >= 0.6 is 11.6 Å². The summed E-state index contributed by atoms with van der Waals surface area (Å²) in [6.45, 7) is 1.92. The molecule has 0 aliphatic heterocycles. The zero-order valence-electron chi connectivity index (χ0n) is 14.3. The van der Waals surface area contributed by atoms with Crippen LogP contribution in [0.25, 0.3) is 0 Å². The molecule has 1 aromatic heterocycles. The minimum absolute atomic E-state index is 0.242. The minimum Gasteiger partial charge on any atom is -0.495 e. The standard InChI is InChI=1S/C19H17ClN4O2/c1-12-5-3-4-6-14(12)24-19(25)16-10-18(22-11-21-16)23-15-9-13(20)7-8-17(15)26-2/h3-11H,1-2H3,(H,24,25)(H,21,22,23). The van der Waals surface area contributed by atoms with Gasteiger partial charge in [0, 0.05) is 16.8 Å². The zero-order valence-corrected chi connectivity index (χ0v) is 15.0. The van der Waals surface area contributed by atoms with Crippen molar-refractivity contribution in [2.75, 3.05) is 17.7 Å². The molecule has 0 saturated heterocycles. The van der Waals surface area contributed by atoms with Crippen LogP contribution in [-0.2, 0) is 0 Å². The van der Waals surface area contributed by atoms with E-state index in [9.17, 15) is 4.79 Å².